The molecule has 0 radical (unpaired) electrons. The normalized spacial score (nSPS) is 10.5. The third-order valence-electron chi connectivity index (χ3n) is 3.66. The highest BCUT2D eigenvalue weighted by atomic mass is 32.2. The zero-order valence-corrected chi connectivity index (χ0v) is 16.3. The maximum atomic E-state index is 12.4. The third-order valence-corrected chi connectivity index (χ3v) is 4.70. The summed E-state index contributed by atoms with van der Waals surface area (Å²) in [5.74, 6) is 0.208. The molecule has 8 heteroatoms. The molecule has 1 N–H and O–H groups in total. The highest BCUT2D eigenvalue weighted by Crippen LogP contribution is 2.24. The lowest BCUT2D eigenvalue weighted by atomic mass is 10.2. The Bertz CT molecular complexity index is 987. The highest BCUT2D eigenvalue weighted by Gasteiger charge is 2.16. The van der Waals surface area contributed by atoms with E-state index >= 15 is 0 Å². The largest absolute Gasteiger partial charge is 0.452 e. The van der Waals surface area contributed by atoms with Crippen molar-refractivity contribution in [1.82, 2.24) is 10.1 Å². The smallest absolute Gasteiger partial charge is 0.341 e. The van der Waals surface area contributed by atoms with Crippen molar-refractivity contribution in [2.45, 2.75) is 24.6 Å². The number of pyridine rings is 1. The number of aromatic nitrogens is 2. The molecule has 0 fully saturated rings. The van der Waals surface area contributed by atoms with Crippen molar-refractivity contribution in [1.29, 1.82) is 0 Å². The molecule has 0 aliphatic rings. The van der Waals surface area contributed by atoms with Gasteiger partial charge in [-0.2, -0.15) is 0 Å². The van der Waals surface area contributed by atoms with Crippen molar-refractivity contribution in [3.63, 3.8) is 0 Å². The average Bonchev–Trinajstić information content (AvgIpc) is 3.10. The Morgan fingerprint density at radius 2 is 2.04 bits per heavy atom. The number of amides is 1. The number of rotatable bonds is 7. The maximum Gasteiger partial charge on any atom is 0.341 e. The molecule has 0 unspecified atom stereocenters. The Hall–Kier alpha value is -3.13. The number of anilines is 1. The maximum absolute atomic E-state index is 12.4. The quantitative estimate of drug-likeness (QED) is 0.479. The predicted octanol–water partition coefficient (Wildman–Crippen LogP) is 3.77. The first-order valence-electron chi connectivity index (χ1n) is 8.55. The summed E-state index contributed by atoms with van der Waals surface area (Å²) in [6.45, 7) is 3.36. The summed E-state index contributed by atoms with van der Waals surface area (Å²) in [4.78, 5) is 28.7. The van der Waals surface area contributed by atoms with E-state index in [2.05, 4.69) is 15.5 Å². The molecule has 144 valence electrons. The number of benzene rings is 1. The van der Waals surface area contributed by atoms with Crippen LogP contribution in [0, 0.1) is 13.8 Å². The van der Waals surface area contributed by atoms with Gasteiger partial charge in [0.05, 0.1) is 11.3 Å². The van der Waals surface area contributed by atoms with Crippen molar-refractivity contribution in [2.24, 2.45) is 0 Å². The second-order valence-electron chi connectivity index (χ2n) is 6.07. The molecule has 0 saturated carbocycles. The van der Waals surface area contributed by atoms with E-state index in [-0.39, 0.29) is 6.61 Å². The molecule has 2 heterocycles. The lowest BCUT2D eigenvalue weighted by Gasteiger charge is -2.09. The number of hydrogen-bond acceptors (Lipinski definition) is 7. The first kappa shape index (κ1) is 19.6. The Balaban J connectivity index is 1.57. The molecular formula is C20H19N3O4S. The summed E-state index contributed by atoms with van der Waals surface area (Å²) in [7, 11) is 0. The monoisotopic (exact) mass is 397 g/mol. The summed E-state index contributed by atoms with van der Waals surface area (Å²) >= 11 is 1.35. The van der Waals surface area contributed by atoms with Gasteiger partial charge in [0.25, 0.3) is 5.91 Å². The van der Waals surface area contributed by atoms with E-state index < -0.39 is 11.9 Å². The number of ether oxygens (including phenoxy) is 1. The first-order chi connectivity index (χ1) is 13.5. The zero-order valence-electron chi connectivity index (χ0n) is 15.5. The Morgan fingerprint density at radius 3 is 2.79 bits per heavy atom. The van der Waals surface area contributed by atoms with Gasteiger partial charge in [0.2, 0.25) is 0 Å². The van der Waals surface area contributed by atoms with E-state index in [1.807, 2.05) is 38.1 Å². The number of hydrogen-bond donors (Lipinski definition) is 1. The minimum atomic E-state index is -0.605. The van der Waals surface area contributed by atoms with Gasteiger partial charge in [0.1, 0.15) is 10.8 Å². The Labute approximate surface area is 166 Å². The molecule has 7 nitrogen and oxygen atoms in total. The number of carbonyl (C=O) groups is 2. The number of thioether (sulfide) groups is 1. The second-order valence-corrected chi connectivity index (χ2v) is 7.03. The van der Waals surface area contributed by atoms with Crippen LogP contribution in [-0.2, 0) is 15.3 Å². The molecule has 2 aromatic heterocycles. The van der Waals surface area contributed by atoms with Crippen LogP contribution in [-0.4, -0.2) is 28.6 Å². The molecule has 0 aliphatic heterocycles. The van der Waals surface area contributed by atoms with Crippen molar-refractivity contribution in [3.8, 4) is 0 Å². The summed E-state index contributed by atoms with van der Waals surface area (Å²) < 4.78 is 10.2. The second kappa shape index (κ2) is 9.18. The van der Waals surface area contributed by atoms with Crippen LogP contribution >= 0.6 is 11.8 Å². The number of carbonyl (C=O) groups excluding carboxylic acids is 2. The minimum absolute atomic E-state index is 0.302. The van der Waals surface area contributed by atoms with Crippen LogP contribution in [0.3, 0.4) is 0 Å². The van der Waals surface area contributed by atoms with Crippen LogP contribution in [0.25, 0.3) is 0 Å². The molecule has 1 aromatic carbocycles. The number of aryl methyl sites for hydroxylation is 2. The van der Waals surface area contributed by atoms with Crippen LogP contribution in [0.5, 0.6) is 0 Å². The number of nitrogens with zero attached hydrogens (tertiary/aromatic N) is 2. The van der Waals surface area contributed by atoms with Gasteiger partial charge in [0, 0.05) is 23.7 Å². The molecule has 3 aromatic rings. The molecule has 0 atom stereocenters. The van der Waals surface area contributed by atoms with Crippen LogP contribution in [0.15, 0.2) is 58.2 Å². The van der Waals surface area contributed by atoms with Gasteiger partial charge in [-0.05, 0) is 43.7 Å². The number of esters is 1. The van der Waals surface area contributed by atoms with Crippen LogP contribution in [0.1, 0.15) is 27.4 Å². The van der Waals surface area contributed by atoms with Gasteiger partial charge in [-0.25, -0.2) is 9.78 Å². The lowest BCUT2D eigenvalue weighted by Crippen LogP contribution is -2.21. The summed E-state index contributed by atoms with van der Waals surface area (Å²) in [5, 5.41) is 7.12. The van der Waals surface area contributed by atoms with Gasteiger partial charge in [-0.15, -0.1) is 0 Å². The van der Waals surface area contributed by atoms with E-state index in [1.165, 1.54) is 11.8 Å². The van der Waals surface area contributed by atoms with Gasteiger partial charge in [-0.3, -0.25) is 4.79 Å². The van der Waals surface area contributed by atoms with E-state index in [0.717, 1.165) is 17.0 Å². The van der Waals surface area contributed by atoms with Crippen molar-refractivity contribution >= 4 is 29.3 Å². The first-order valence-corrected chi connectivity index (χ1v) is 9.53. The van der Waals surface area contributed by atoms with Crippen molar-refractivity contribution < 1.29 is 18.8 Å². The average molecular weight is 397 g/mol. The van der Waals surface area contributed by atoms with Gasteiger partial charge < -0.3 is 14.6 Å². The molecule has 0 spiro atoms. The van der Waals surface area contributed by atoms with Crippen LogP contribution < -0.4 is 5.32 Å². The SMILES string of the molecule is Cc1cccc(NC(=O)COC(=O)c2cccnc2SCc2cc(C)on2)c1. The number of nitrogens with one attached hydrogen (secondary N) is 1. The molecule has 1 amide bonds. The van der Waals surface area contributed by atoms with E-state index in [0.29, 0.717) is 22.0 Å². The zero-order chi connectivity index (χ0) is 19.9. The molecule has 0 bridgehead atoms. The summed E-state index contributed by atoms with van der Waals surface area (Å²) in [6.07, 6.45) is 1.59. The fraction of sp³-hybridized carbons (Fsp3) is 0.200. The predicted molar refractivity (Wildman–Crippen MR) is 105 cm³/mol. The van der Waals surface area contributed by atoms with Crippen LogP contribution in [0.4, 0.5) is 5.69 Å². The standard InChI is InChI=1S/C20H19N3O4S/c1-13-5-3-6-15(9-13)22-18(24)11-26-20(25)17-7-4-8-21-19(17)28-12-16-10-14(2)27-23-16/h3-10H,11-12H2,1-2H3,(H,22,24). The molecule has 3 rings (SSSR count). The van der Waals surface area contributed by atoms with Gasteiger partial charge >= 0.3 is 5.97 Å². The van der Waals surface area contributed by atoms with Crippen molar-refractivity contribution in [2.75, 3.05) is 11.9 Å². The van der Waals surface area contributed by atoms with Crippen molar-refractivity contribution in [3.05, 3.63) is 71.2 Å². The lowest BCUT2D eigenvalue weighted by molar-refractivity contribution is -0.119. The molecule has 28 heavy (non-hydrogen) atoms. The third kappa shape index (κ3) is 5.43. The van der Waals surface area contributed by atoms with Gasteiger partial charge in [0.15, 0.2) is 6.61 Å². The van der Waals surface area contributed by atoms with E-state index in [9.17, 15) is 9.59 Å². The summed E-state index contributed by atoms with van der Waals surface area (Å²) in [6, 6.07) is 12.5. The fourth-order valence-corrected chi connectivity index (χ4v) is 3.28. The van der Waals surface area contributed by atoms with E-state index in [1.54, 1.807) is 24.4 Å². The fourth-order valence-electron chi connectivity index (χ4n) is 2.42. The van der Waals surface area contributed by atoms with E-state index in [4.69, 9.17) is 9.26 Å². The summed E-state index contributed by atoms with van der Waals surface area (Å²) in [5.41, 5.74) is 2.73. The molecule has 0 saturated heterocycles. The topological polar surface area (TPSA) is 94.3 Å². The Morgan fingerprint density at radius 1 is 1.18 bits per heavy atom. The molecule has 0 aliphatic carbocycles. The minimum Gasteiger partial charge on any atom is -0.452 e. The highest BCUT2D eigenvalue weighted by molar-refractivity contribution is 7.98. The Kier molecular flexibility index (Phi) is 6.44. The van der Waals surface area contributed by atoms with Crippen LogP contribution in [0.2, 0.25) is 0 Å². The molecular weight excluding hydrogens is 378 g/mol. The van der Waals surface area contributed by atoms with Gasteiger partial charge in [-0.1, -0.05) is 29.1 Å².